The number of fused-ring (bicyclic) bond motifs is 1. The predicted molar refractivity (Wildman–Crippen MR) is 117 cm³/mol. The lowest BCUT2D eigenvalue weighted by Gasteiger charge is -2.08. The molecule has 0 heterocycles. The van der Waals surface area contributed by atoms with Crippen LogP contribution in [-0.2, 0) is 10.1 Å². The number of urea groups is 1. The van der Waals surface area contributed by atoms with Crippen molar-refractivity contribution in [1.82, 2.24) is 0 Å². The van der Waals surface area contributed by atoms with Crippen LogP contribution in [0.25, 0.3) is 10.8 Å². The molecule has 3 aromatic carbocycles. The topological polar surface area (TPSA) is 186 Å². The molecular weight excluding hydrogens is 424 g/mol. The molecule has 0 unspecified atom stereocenters. The van der Waals surface area contributed by atoms with Crippen LogP contribution in [0, 0.1) is 5.41 Å². The summed E-state index contributed by atoms with van der Waals surface area (Å²) in [7, 11) is -3.67. The van der Waals surface area contributed by atoms with Crippen molar-refractivity contribution in [2.75, 3.05) is 11.6 Å². The van der Waals surface area contributed by atoms with Gasteiger partial charge in [-0.05, 0) is 53.2 Å². The third-order valence-electron chi connectivity index (χ3n) is 3.72. The minimum Gasteiger partial charge on any atom is -0.423 e. The van der Waals surface area contributed by atoms with Crippen molar-refractivity contribution in [2.45, 2.75) is 0 Å². The largest absolute Gasteiger partial charge is 0.423 e. The first-order valence-electron chi connectivity index (χ1n) is 8.62. The van der Waals surface area contributed by atoms with Crippen molar-refractivity contribution in [1.29, 1.82) is 5.41 Å². The van der Waals surface area contributed by atoms with Crippen molar-refractivity contribution in [3.05, 3.63) is 71.8 Å². The maximum Gasteiger partial charge on any atom is 0.343 e. The van der Waals surface area contributed by atoms with Crippen molar-refractivity contribution < 1.29 is 27.3 Å². The van der Waals surface area contributed by atoms with Gasteiger partial charge < -0.3 is 21.5 Å². The van der Waals surface area contributed by atoms with Gasteiger partial charge in [-0.15, -0.1) is 0 Å². The maximum absolute atomic E-state index is 12.2. The molecule has 0 bridgehead atoms. The van der Waals surface area contributed by atoms with Gasteiger partial charge in [0.05, 0.1) is 11.8 Å². The molecule has 0 radical (unpaired) electrons. The molecule has 0 saturated carbocycles. The van der Waals surface area contributed by atoms with Crippen LogP contribution in [0.3, 0.4) is 0 Å². The summed E-state index contributed by atoms with van der Waals surface area (Å²) in [5.41, 5.74) is 12.0. The number of benzene rings is 3. The van der Waals surface area contributed by atoms with Gasteiger partial charge in [-0.1, -0.05) is 18.2 Å². The van der Waals surface area contributed by atoms with E-state index < -0.39 is 22.1 Å². The Kier molecular flexibility index (Phi) is 7.29. The zero-order valence-corrected chi connectivity index (χ0v) is 17.1. The van der Waals surface area contributed by atoms with E-state index in [9.17, 15) is 18.0 Å². The van der Waals surface area contributed by atoms with Crippen LogP contribution in [0.4, 0.5) is 10.5 Å². The van der Waals surface area contributed by atoms with E-state index in [0.29, 0.717) is 28.8 Å². The molecule has 0 fully saturated rings. The standard InChI is InChI=1S/C19H16N4O3.CH4O3S/c20-17(21)14-2-1-13-10-16(8-5-12(13)9-14)26-18(24)11-3-6-15(7-4-11)23-19(22)25;1-5(2,3)4/h1-10H,(H3,20,21)(H3,22,23,25);1H3,(H,2,3,4). The number of carbonyl (C=O) groups is 2. The molecular formula is C20H20N4O6S. The lowest BCUT2D eigenvalue weighted by atomic mass is 10.1. The Balaban J connectivity index is 0.000000614. The fraction of sp³-hybridized carbons (Fsp3) is 0.0500. The van der Waals surface area contributed by atoms with Crippen LogP contribution >= 0.6 is 0 Å². The summed E-state index contributed by atoms with van der Waals surface area (Å²) >= 11 is 0. The second kappa shape index (κ2) is 9.69. The smallest absolute Gasteiger partial charge is 0.343 e. The van der Waals surface area contributed by atoms with Crippen molar-refractivity contribution in [3.8, 4) is 5.75 Å². The molecule has 2 amide bonds. The van der Waals surface area contributed by atoms with Crippen LogP contribution in [0.1, 0.15) is 15.9 Å². The SMILES string of the molecule is CS(=O)(=O)O.N=C(N)c1ccc2cc(OC(=O)c3ccc(NC(N)=O)cc3)ccc2c1. The average molecular weight is 444 g/mol. The van der Waals surface area contributed by atoms with E-state index in [1.54, 1.807) is 42.5 Å². The molecule has 162 valence electrons. The minimum atomic E-state index is -3.67. The van der Waals surface area contributed by atoms with Crippen molar-refractivity contribution in [2.24, 2.45) is 11.5 Å². The Morgan fingerprint density at radius 3 is 2.00 bits per heavy atom. The molecule has 0 aromatic heterocycles. The number of esters is 1. The normalized spacial score (nSPS) is 10.5. The van der Waals surface area contributed by atoms with Gasteiger partial charge in [0.2, 0.25) is 0 Å². The molecule has 11 heteroatoms. The molecule has 0 saturated heterocycles. The minimum absolute atomic E-state index is 0.00308. The maximum atomic E-state index is 12.2. The van der Waals surface area contributed by atoms with Gasteiger partial charge in [-0.2, -0.15) is 8.42 Å². The zero-order chi connectivity index (χ0) is 23.2. The van der Waals surface area contributed by atoms with E-state index in [2.05, 4.69) is 5.32 Å². The third-order valence-corrected chi connectivity index (χ3v) is 3.72. The summed E-state index contributed by atoms with van der Waals surface area (Å²) in [6.07, 6.45) is 0.715. The van der Waals surface area contributed by atoms with Crippen molar-refractivity contribution in [3.63, 3.8) is 0 Å². The quantitative estimate of drug-likeness (QED) is 0.134. The lowest BCUT2D eigenvalue weighted by molar-refractivity contribution is 0.0735. The number of hydrogen-bond acceptors (Lipinski definition) is 6. The number of nitrogens with two attached hydrogens (primary N) is 2. The highest BCUT2D eigenvalue weighted by Crippen LogP contribution is 2.23. The third kappa shape index (κ3) is 7.76. The highest BCUT2D eigenvalue weighted by atomic mass is 32.2. The van der Waals surface area contributed by atoms with Crippen LogP contribution < -0.4 is 21.5 Å². The number of nitrogen functional groups attached to an aromatic ring is 1. The molecule has 31 heavy (non-hydrogen) atoms. The number of carbonyl (C=O) groups excluding carboxylic acids is 2. The number of anilines is 1. The van der Waals surface area contributed by atoms with E-state index in [-0.39, 0.29) is 5.84 Å². The second-order valence-corrected chi connectivity index (χ2v) is 7.79. The van der Waals surface area contributed by atoms with Crippen LogP contribution in [-0.4, -0.2) is 37.1 Å². The fourth-order valence-electron chi connectivity index (χ4n) is 2.45. The molecule has 3 aromatic rings. The van der Waals surface area contributed by atoms with Crippen LogP contribution in [0.5, 0.6) is 5.75 Å². The number of amides is 2. The Bertz CT molecular complexity index is 1230. The molecule has 0 aliphatic rings. The second-order valence-electron chi connectivity index (χ2n) is 6.33. The van der Waals surface area contributed by atoms with Gasteiger partial charge in [0.15, 0.2) is 0 Å². The van der Waals surface area contributed by atoms with Crippen LogP contribution in [0.2, 0.25) is 0 Å². The Morgan fingerprint density at radius 2 is 1.45 bits per heavy atom. The fourth-order valence-corrected chi connectivity index (χ4v) is 2.45. The van der Waals surface area contributed by atoms with E-state index in [1.807, 2.05) is 6.07 Å². The predicted octanol–water partition coefficient (Wildman–Crippen LogP) is 2.34. The molecule has 7 N–H and O–H groups in total. The number of hydrogen-bond donors (Lipinski definition) is 5. The molecule has 0 atom stereocenters. The molecule has 10 nitrogen and oxygen atoms in total. The number of nitrogens with one attached hydrogen (secondary N) is 2. The first kappa shape index (κ1) is 23.3. The van der Waals surface area contributed by atoms with Gasteiger partial charge in [0.1, 0.15) is 11.6 Å². The van der Waals surface area contributed by atoms with Gasteiger partial charge in [0, 0.05) is 11.3 Å². The number of amidine groups is 1. The van der Waals surface area contributed by atoms with Gasteiger partial charge >= 0.3 is 12.0 Å². The molecule has 0 aliphatic heterocycles. The van der Waals surface area contributed by atoms with Gasteiger partial charge in [-0.25, -0.2) is 9.59 Å². The summed E-state index contributed by atoms with van der Waals surface area (Å²) < 4.78 is 31.3. The van der Waals surface area contributed by atoms with E-state index in [4.69, 9.17) is 26.2 Å². The molecule has 0 spiro atoms. The Hall–Kier alpha value is -3.96. The Morgan fingerprint density at radius 1 is 0.935 bits per heavy atom. The van der Waals surface area contributed by atoms with Crippen molar-refractivity contribution >= 4 is 44.4 Å². The summed E-state index contributed by atoms with van der Waals surface area (Å²) in [4.78, 5) is 23.0. The average Bonchev–Trinajstić information content (AvgIpc) is 2.66. The van der Waals surface area contributed by atoms with E-state index in [0.717, 1.165) is 10.8 Å². The molecule has 3 rings (SSSR count). The van der Waals surface area contributed by atoms with E-state index in [1.165, 1.54) is 12.1 Å². The number of rotatable bonds is 4. The van der Waals surface area contributed by atoms with Gasteiger partial charge in [-0.3, -0.25) is 9.96 Å². The zero-order valence-electron chi connectivity index (χ0n) is 16.3. The lowest BCUT2D eigenvalue weighted by Crippen LogP contribution is -2.19. The highest BCUT2D eigenvalue weighted by molar-refractivity contribution is 7.85. The number of primary amides is 1. The molecule has 0 aliphatic carbocycles. The summed E-state index contributed by atoms with van der Waals surface area (Å²) in [6, 6.07) is 16.1. The first-order valence-corrected chi connectivity index (χ1v) is 10.5. The van der Waals surface area contributed by atoms with Gasteiger partial charge in [0.25, 0.3) is 10.1 Å². The van der Waals surface area contributed by atoms with Crippen LogP contribution in [0.15, 0.2) is 60.7 Å². The first-order chi connectivity index (χ1) is 14.4. The highest BCUT2D eigenvalue weighted by Gasteiger charge is 2.10. The summed E-state index contributed by atoms with van der Waals surface area (Å²) in [6.45, 7) is 0. The monoisotopic (exact) mass is 444 g/mol. The summed E-state index contributed by atoms with van der Waals surface area (Å²) in [5.74, 6) is -0.121. The number of ether oxygens (including phenoxy) is 1. The summed E-state index contributed by atoms with van der Waals surface area (Å²) in [5, 5.41) is 11.6. The Labute approximate surface area is 178 Å². The van der Waals surface area contributed by atoms with E-state index >= 15 is 0 Å².